The second-order valence-corrected chi connectivity index (χ2v) is 9.88. The number of hydrogen-bond donors (Lipinski definition) is 2. The normalized spacial score (nSPS) is 53.8. The Morgan fingerprint density at radius 1 is 0.958 bits per heavy atom. The van der Waals surface area contributed by atoms with Gasteiger partial charge >= 0.3 is 0 Å². The topological polar surface area (TPSA) is 57.5 Å². The molecule has 0 radical (unpaired) electrons. The predicted octanol–water partition coefficient (Wildman–Crippen LogP) is 3.57. The highest BCUT2D eigenvalue weighted by Gasteiger charge is 2.60. The second kappa shape index (κ2) is 5.81. The molecule has 136 valence electrons. The lowest BCUT2D eigenvalue weighted by Crippen LogP contribution is -2.54. The van der Waals surface area contributed by atoms with Crippen LogP contribution in [0.15, 0.2) is 0 Å². The Hall–Kier alpha value is -0.410. The minimum absolute atomic E-state index is 0.0773. The van der Waals surface area contributed by atoms with Gasteiger partial charge in [-0.3, -0.25) is 4.79 Å². The summed E-state index contributed by atoms with van der Waals surface area (Å²) in [5, 5.41) is 19.5. The van der Waals surface area contributed by atoms with Gasteiger partial charge in [-0.1, -0.05) is 13.8 Å². The van der Waals surface area contributed by atoms with E-state index >= 15 is 0 Å². The Bertz CT molecular complexity index is 517. The molecule has 0 aromatic carbocycles. The number of aliphatic hydroxyl groups excluding tert-OH is 2. The molecule has 0 aromatic rings. The van der Waals surface area contributed by atoms with Crippen LogP contribution in [0.5, 0.6) is 0 Å². The molecule has 0 spiro atoms. The molecule has 0 heterocycles. The van der Waals surface area contributed by atoms with E-state index in [4.69, 9.17) is 0 Å². The van der Waals surface area contributed by atoms with Crippen LogP contribution in [0.4, 0.5) is 0 Å². The molecule has 2 N–H and O–H groups in total. The number of rotatable bonds is 2. The van der Waals surface area contributed by atoms with Gasteiger partial charge in [-0.05, 0) is 92.3 Å². The van der Waals surface area contributed by atoms with Crippen LogP contribution in [0.25, 0.3) is 0 Å². The van der Waals surface area contributed by atoms with Crippen molar-refractivity contribution in [3.8, 4) is 0 Å². The first-order chi connectivity index (χ1) is 11.4. The second-order valence-electron chi connectivity index (χ2n) is 9.88. The fourth-order valence-corrected chi connectivity index (χ4v) is 7.87. The molecular formula is C21H34O3. The van der Waals surface area contributed by atoms with Crippen molar-refractivity contribution in [2.75, 3.05) is 6.61 Å². The molecule has 4 rings (SSSR count). The number of carbonyl (C=O) groups is 1. The number of aliphatic hydroxyl groups is 2. The van der Waals surface area contributed by atoms with Gasteiger partial charge in [-0.25, -0.2) is 0 Å². The van der Waals surface area contributed by atoms with Crippen LogP contribution in [-0.2, 0) is 4.79 Å². The third-order valence-corrected chi connectivity index (χ3v) is 9.18. The van der Waals surface area contributed by atoms with Crippen molar-refractivity contribution in [2.24, 2.45) is 40.4 Å². The summed E-state index contributed by atoms with van der Waals surface area (Å²) in [6.45, 7) is 4.57. The van der Waals surface area contributed by atoms with Gasteiger partial charge in [0.15, 0.2) is 5.78 Å². The average molecular weight is 335 g/mol. The fraction of sp³-hybridized carbons (Fsp3) is 0.952. The molecule has 3 heteroatoms. The van der Waals surface area contributed by atoms with Crippen LogP contribution >= 0.6 is 0 Å². The molecule has 3 unspecified atom stereocenters. The molecule has 4 fully saturated rings. The number of Topliss-reactive ketones (excluding diaryl/α,β-unsaturated/α-hetero) is 1. The zero-order valence-electron chi connectivity index (χ0n) is 15.3. The molecule has 0 aromatic heterocycles. The van der Waals surface area contributed by atoms with Gasteiger partial charge in [-0.2, -0.15) is 0 Å². The van der Waals surface area contributed by atoms with E-state index in [0.717, 1.165) is 37.5 Å². The van der Waals surface area contributed by atoms with Crippen molar-refractivity contribution in [3.05, 3.63) is 0 Å². The Kier molecular flexibility index (Phi) is 4.12. The summed E-state index contributed by atoms with van der Waals surface area (Å²) < 4.78 is 0. The van der Waals surface area contributed by atoms with Gasteiger partial charge < -0.3 is 10.2 Å². The summed E-state index contributed by atoms with van der Waals surface area (Å²) in [4.78, 5) is 12.3. The molecule has 0 saturated heterocycles. The van der Waals surface area contributed by atoms with E-state index in [0.29, 0.717) is 17.3 Å². The fourth-order valence-electron chi connectivity index (χ4n) is 7.87. The molecule has 4 aliphatic carbocycles. The van der Waals surface area contributed by atoms with Gasteiger partial charge in [-0.15, -0.1) is 0 Å². The third-order valence-electron chi connectivity index (χ3n) is 9.18. The highest BCUT2D eigenvalue weighted by Crippen LogP contribution is 2.67. The largest absolute Gasteiger partial charge is 0.393 e. The summed E-state index contributed by atoms with van der Waals surface area (Å²) >= 11 is 0. The van der Waals surface area contributed by atoms with Crippen LogP contribution in [0.2, 0.25) is 0 Å². The number of ketones is 1. The van der Waals surface area contributed by atoms with E-state index in [1.54, 1.807) is 0 Å². The standard InChI is InChI=1S/C21H34O3/c1-20-9-7-14(23)11-13(20)3-4-15-16-5-6-18(19(24)12-22)21(16,2)10-8-17(15)20/h13-18,22-23H,3-12H2,1-2H3/t13-,14+,15?,16?,17?,18-,20+,21+/m1/s1. The van der Waals surface area contributed by atoms with Crippen LogP contribution in [0.1, 0.15) is 71.6 Å². The molecule has 0 amide bonds. The van der Waals surface area contributed by atoms with E-state index in [2.05, 4.69) is 13.8 Å². The lowest BCUT2D eigenvalue weighted by atomic mass is 9.44. The van der Waals surface area contributed by atoms with E-state index in [-0.39, 0.29) is 29.8 Å². The third kappa shape index (κ3) is 2.26. The van der Waals surface area contributed by atoms with E-state index in [1.165, 1.54) is 32.1 Å². The smallest absolute Gasteiger partial charge is 0.161 e. The van der Waals surface area contributed by atoms with E-state index in [9.17, 15) is 15.0 Å². The molecule has 0 bridgehead atoms. The van der Waals surface area contributed by atoms with Gasteiger partial charge in [0.25, 0.3) is 0 Å². The summed E-state index contributed by atoms with van der Waals surface area (Å²) in [5.74, 6) is 3.08. The molecule has 4 aliphatic rings. The van der Waals surface area contributed by atoms with Crippen molar-refractivity contribution >= 4 is 5.78 Å². The lowest BCUT2D eigenvalue weighted by Gasteiger charge is -2.60. The monoisotopic (exact) mass is 334 g/mol. The summed E-state index contributed by atoms with van der Waals surface area (Å²) in [7, 11) is 0. The highest BCUT2D eigenvalue weighted by atomic mass is 16.3. The lowest BCUT2D eigenvalue weighted by molar-refractivity contribution is -0.141. The Balaban J connectivity index is 1.60. The maximum Gasteiger partial charge on any atom is 0.161 e. The first-order valence-corrected chi connectivity index (χ1v) is 10.2. The molecule has 8 atom stereocenters. The first-order valence-electron chi connectivity index (χ1n) is 10.2. The van der Waals surface area contributed by atoms with Crippen molar-refractivity contribution in [2.45, 2.75) is 77.7 Å². The maximum atomic E-state index is 12.3. The maximum absolute atomic E-state index is 12.3. The molecular weight excluding hydrogens is 300 g/mol. The average Bonchev–Trinajstić information content (AvgIpc) is 2.92. The van der Waals surface area contributed by atoms with E-state index < -0.39 is 0 Å². The Labute approximate surface area is 146 Å². The Morgan fingerprint density at radius 3 is 2.42 bits per heavy atom. The Morgan fingerprint density at radius 2 is 1.67 bits per heavy atom. The highest BCUT2D eigenvalue weighted by molar-refractivity contribution is 5.83. The van der Waals surface area contributed by atoms with Crippen molar-refractivity contribution in [3.63, 3.8) is 0 Å². The number of hydrogen-bond acceptors (Lipinski definition) is 3. The quantitative estimate of drug-likeness (QED) is 0.812. The van der Waals surface area contributed by atoms with E-state index in [1.807, 2.05) is 0 Å². The molecule has 24 heavy (non-hydrogen) atoms. The van der Waals surface area contributed by atoms with Gasteiger partial charge in [0, 0.05) is 5.92 Å². The van der Waals surface area contributed by atoms with Gasteiger partial charge in [0.1, 0.15) is 6.61 Å². The van der Waals surface area contributed by atoms with Crippen molar-refractivity contribution < 1.29 is 15.0 Å². The molecule has 0 aliphatic heterocycles. The molecule has 4 saturated carbocycles. The number of fused-ring (bicyclic) bond motifs is 5. The zero-order chi connectivity index (χ0) is 17.1. The minimum Gasteiger partial charge on any atom is -0.393 e. The van der Waals surface area contributed by atoms with Crippen molar-refractivity contribution in [1.29, 1.82) is 0 Å². The zero-order valence-corrected chi connectivity index (χ0v) is 15.3. The van der Waals surface area contributed by atoms with Crippen molar-refractivity contribution in [1.82, 2.24) is 0 Å². The minimum atomic E-state index is -0.279. The van der Waals surface area contributed by atoms with Crippen LogP contribution in [-0.4, -0.2) is 28.7 Å². The number of carbonyl (C=O) groups excluding carboxylic acids is 1. The van der Waals surface area contributed by atoms with Gasteiger partial charge in [0.2, 0.25) is 0 Å². The first kappa shape index (κ1) is 17.0. The predicted molar refractivity (Wildman–Crippen MR) is 93.3 cm³/mol. The van der Waals surface area contributed by atoms with Crippen LogP contribution in [0.3, 0.4) is 0 Å². The van der Waals surface area contributed by atoms with Crippen LogP contribution < -0.4 is 0 Å². The van der Waals surface area contributed by atoms with Crippen LogP contribution in [0, 0.1) is 40.4 Å². The summed E-state index contributed by atoms with van der Waals surface area (Å²) in [5.41, 5.74) is 0.529. The summed E-state index contributed by atoms with van der Waals surface area (Å²) in [6, 6.07) is 0. The van der Waals surface area contributed by atoms with Gasteiger partial charge in [0.05, 0.1) is 6.10 Å². The summed E-state index contributed by atoms with van der Waals surface area (Å²) in [6.07, 6.45) is 10.2. The molecule has 3 nitrogen and oxygen atoms in total. The SMILES string of the molecule is C[C@]12CCC3C(CC[C@@H]4C[C@@H](O)CC[C@]34C)C1CC[C@@H]2C(=O)CO.